The van der Waals surface area contributed by atoms with Gasteiger partial charge in [0.15, 0.2) is 11.0 Å². The lowest BCUT2D eigenvalue weighted by molar-refractivity contribution is -0.117. The van der Waals surface area contributed by atoms with E-state index in [9.17, 15) is 9.59 Å². The lowest BCUT2D eigenvalue weighted by atomic mass is 10.2. The molecule has 9 heteroatoms. The predicted octanol–water partition coefficient (Wildman–Crippen LogP) is 2.55. The van der Waals surface area contributed by atoms with Crippen molar-refractivity contribution in [3.63, 3.8) is 0 Å². The molecule has 0 unspecified atom stereocenters. The molecule has 3 rings (SSSR count). The van der Waals surface area contributed by atoms with E-state index >= 15 is 0 Å². The van der Waals surface area contributed by atoms with Crippen LogP contribution in [0.3, 0.4) is 0 Å². The number of carbonyl (C=O) groups is 2. The summed E-state index contributed by atoms with van der Waals surface area (Å²) in [5.41, 5.74) is 1.15. The van der Waals surface area contributed by atoms with Gasteiger partial charge >= 0.3 is 0 Å². The quantitative estimate of drug-likeness (QED) is 0.596. The molecule has 8 nitrogen and oxygen atoms in total. The largest absolute Gasteiger partial charge is 0.497 e. The monoisotopic (exact) mass is 412 g/mol. The minimum atomic E-state index is -0.511. The van der Waals surface area contributed by atoms with E-state index in [0.29, 0.717) is 28.0 Å². The molecule has 29 heavy (non-hydrogen) atoms. The maximum atomic E-state index is 12.3. The van der Waals surface area contributed by atoms with Crippen LogP contribution in [0.2, 0.25) is 0 Å². The predicted molar refractivity (Wildman–Crippen MR) is 109 cm³/mol. The number of benzene rings is 2. The number of para-hydroxylation sites is 1. The van der Waals surface area contributed by atoms with Crippen molar-refractivity contribution >= 4 is 23.6 Å². The van der Waals surface area contributed by atoms with Crippen LogP contribution in [-0.4, -0.2) is 46.6 Å². The Labute approximate surface area is 172 Å². The van der Waals surface area contributed by atoms with Gasteiger partial charge in [0, 0.05) is 12.6 Å². The molecule has 0 aliphatic heterocycles. The van der Waals surface area contributed by atoms with Crippen LogP contribution in [0.25, 0.3) is 11.4 Å². The van der Waals surface area contributed by atoms with Gasteiger partial charge in [-0.05, 0) is 24.3 Å². The minimum Gasteiger partial charge on any atom is -0.497 e. The number of hydrogen-bond donors (Lipinski definition) is 1. The number of hydrogen-bond acceptors (Lipinski definition) is 7. The number of rotatable bonds is 7. The SMILES string of the molecule is COc1cccc(-c2nnc(SCC(=O)NC(=O)c3ccccc3OC)n2C)c1. The molecule has 0 spiro atoms. The zero-order chi connectivity index (χ0) is 20.8. The molecule has 0 saturated heterocycles. The molecule has 0 bridgehead atoms. The Balaban J connectivity index is 1.63. The standard InChI is InChI=1S/C20H20N4O4S/c1-24-18(13-7-6-8-14(11-13)27-2)22-23-20(24)29-12-17(25)21-19(26)15-9-4-5-10-16(15)28-3/h4-11H,12H2,1-3H3,(H,21,25,26). The van der Waals surface area contributed by atoms with Crippen molar-refractivity contribution in [3.8, 4) is 22.9 Å². The number of imide groups is 1. The molecule has 0 aliphatic carbocycles. The summed E-state index contributed by atoms with van der Waals surface area (Å²) >= 11 is 1.19. The Morgan fingerprint density at radius 1 is 1.07 bits per heavy atom. The molecule has 150 valence electrons. The number of nitrogens with zero attached hydrogens (tertiary/aromatic N) is 3. The van der Waals surface area contributed by atoms with Crippen molar-refractivity contribution < 1.29 is 19.1 Å². The van der Waals surface area contributed by atoms with Gasteiger partial charge in [0.25, 0.3) is 5.91 Å². The molecule has 2 aromatic carbocycles. The van der Waals surface area contributed by atoms with Crippen molar-refractivity contribution in [3.05, 3.63) is 54.1 Å². The molecular weight excluding hydrogens is 392 g/mol. The highest BCUT2D eigenvalue weighted by Gasteiger charge is 2.17. The Hall–Kier alpha value is -3.33. The van der Waals surface area contributed by atoms with Gasteiger partial charge in [0.1, 0.15) is 11.5 Å². The van der Waals surface area contributed by atoms with Crippen LogP contribution >= 0.6 is 11.8 Å². The fourth-order valence-corrected chi connectivity index (χ4v) is 3.36. The van der Waals surface area contributed by atoms with Crippen LogP contribution in [0.5, 0.6) is 11.5 Å². The first-order valence-corrected chi connectivity index (χ1v) is 9.66. The minimum absolute atomic E-state index is 0.0188. The molecule has 0 radical (unpaired) electrons. The molecule has 1 N–H and O–H groups in total. The van der Waals surface area contributed by atoms with E-state index in [-0.39, 0.29) is 5.75 Å². The summed E-state index contributed by atoms with van der Waals surface area (Å²) in [6, 6.07) is 14.2. The van der Waals surface area contributed by atoms with Gasteiger partial charge in [0.05, 0.1) is 25.5 Å². The topological polar surface area (TPSA) is 95.3 Å². The van der Waals surface area contributed by atoms with Crippen molar-refractivity contribution in [2.45, 2.75) is 5.16 Å². The summed E-state index contributed by atoms with van der Waals surface area (Å²) in [4.78, 5) is 24.5. The average Bonchev–Trinajstić information content (AvgIpc) is 3.12. The molecule has 1 aromatic heterocycles. The molecule has 0 fully saturated rings. The number of thioether (sulfide) groups is 1. The average molecular weight is 412 g/mol. The highest BCUT2D eigenvalue weighted by atomic mass is 32.2. The van der Waals surface area contributed by atoms with E-state index in [4.69, 9.17) is 9.47 Å². The normalized spacial score (nSPS) is 10.4. The third-order valence-electron chi connectivity index (χ3n) is 4.10. The third kappa shape index (κ3) is 4.75. The fourth-order valence-electron chi connectivity index (χ4n) is 2.65. The summed E-state index contributed by atoms with van der Waals surface area (Å²) in [5, 5.41) is 11.2. The Kier molecular flexibility index (Phi) is 6.50. The lowest BCUT2D eigenvalue weighted by Gasteiger charge is -2.08. The smallest absolute Gasteiger partial charge is 0.261 e. The number of amides is 2. The molecule has 2 amide bonds. The van der Waals surface area contributed by atoms with Crippen LogP contribution in [0.4, 0.5) is 0 Å². The van der Waals surface area contributed by atoms with E-state index in [1.54, 1.807) is 35.9 Å². The van der Waals surface area contributed by atoms with Crippen LogP contribution < -0.4 is 14.8 Å². The third-order valence-corrected chi connectivity index (χ3v) is 5.12. The zero-order valence-corrected chi connectivity index (χ0v) is 17.0. The molecule has 1 heterocycles. The summed E-state index contributed by atoms with van der Waals surface area (Å²) in [6.45, 7) is 0. The fraction of sp³-hybridized carbons (Fsp3) is 0.200. The summed E-state index contributed by atoms with van der Waals surface area (Å²) in [5.74, 6) is 0.845. The van der Waals surface area contributed by atoms with Crippen molar-refractivity contribution in [1.82, 2.24) is 20.1 Å². The first-order valence-electron chi connectivity index (χ1n) is 8.67. The van der Waals surface area contributed by atoms with Crippen LogP contribution in [-0.2, 0) is 11.8 Å². The maximum Gasteiger partial charge on any atom is 0.261 e. The van der Waals surface area contributed by atoms with Gasteiger partial charge in [-0.1, -0.05) is 36.0 Å². The van der Waals surface area contributed by atoms with Gasteiger partial charge in [-0.15, -0.1) is 10.2 Å². The van der Waals surface area contributed by atoms with E-state index in [1.165, 1.54) is 18.9 Å². The Bertz CT molecular complexity index is 1030. The highest BCUT2D eigenvalue weighted by molar-refractivity contribution is 7.99. The van der Waals surface area contributed by atoms with E-state index in [2.05, 4.69) is 15.5 Å². The summed E-state index contributed by atoms with van der Waals surface area (Å²) < 4.78 is 12.2. The number of ether oxygens (including phenoxy) is 2. The number of nitrogens with one attached hydrogen (secondary N) is 1. The second-order valence-corrected chi connectivity index (χ2v) is 6.91. The number of carbonyl (C=O) groups excluding carboxylic acids is 2. The first-order chi connectivity index (χ1) is 14.0. The van der Waals surface area contributed by atoms with Crippen molar-refractivity contribution in [2.24, 2.45) is 7.05 Å². The molecular formula is C20H20N4O4S. The van der Waals surface area contributed by atoms with Crippen LogP contribution in [0.1, 0.15) is 10.4 Å². The van der Waals surface area contributed by atoms with Gasteiger partial charge in [-0.3, -0.25) is 14.9 Å². The molecule has 0 aliphatic rings. The maximum absolute atomic E-state index is 12.3. The van der Waals surface area contributed by atoms with Gasteiger partial charge in [0.2, 0.25) is 5.91 Å². The van der Waals surface area contributed by atoms with Crippen LogP contribution in [0.15, 0.2) is 53.7 Å². The van der Waals surface area contributed by atoms with Gasteiger partial charge in [-0.25, -0.2) is 0 Å². The van der Waals surface area contributed by atoms with Crippen LogP contribution in [0, 0.1) is 0 Å². The van der Waals surface area contributed by atoms with E-state index in [0.717, 1.165) is 5.56 Å². The zero-order valence-electron chi connectivity index (χ0n) is 16.2. The lowest BCUT2D eigenvalue weighted by Crippen LogP contribution is -2.32. The molecule has 3 aromatic rings. The highest BCUT2D eigenvalue weighted by Crippen LogP contribution is 2.25. The van der Waals surface area contributed by atoms with Gasteiger partial charge < -0.3 is 14.0 Å². The van der Waals surface area contributed by atoms with E-state index < -0.39 is 11.8 Å². The number of methoxy groups -OCH3 is 2. The summed E-state index contributed by atoms with van der Waals surface area (Å²) in [7, 11) is 4.88. The molecule has 0 atom stereocenters. The Morgan fingerprint density at radius 2 is 1.86 bits per heavy atom. The van der Waals surface area contributed by atoms with Crippen molar-refractivity contribution in [2.75, 3.05) is 20.0 Å². The Morgan fingerprint density at radius 3 is 2.62 bits per heavy atom. The first kappa shape index (κ1) is 20.4. The molecule has 0 saturated carbocycles. The van der Waals surface area contributed by atoms with Gasteiger partial charge in [-0.2, -0.15) is 0 Å². The summed E-state index contributed by atoms with van der Waals surface area (Å²) in [6.07, 6.45) is 0. The second kappa shape index (κ2) is 9.24. The van der Waals surface area contributed by atoms with E-state index in [1.807, 2.05) is 31.3 Å². The number of aromatic nitrogens is 3. The second-order valence-electron chi connectivity index (χ2n) is 5.96. The van der Waals surface area contributed by atoms with Crippen molar-refractivity contribution in [1.29, 1.82) is 0 Å².